The third kappa shape index (κ3) is 3.72. The molecule has 3 nitrogen and oxygen atoms in total. The maximum atomic E-state index is 5.22. The van der Waals surface area contributed by atoms with Gasteiger partial charge in [-0.05, 0) is 93.2 Å². The van der Waals surface area contributed by atoms with Crippen molar-refractivity contribution in [1.82, 2.24) is 14.1 Å². The Morgan fingerprint density at radius 2 is 1.02 bits per heavy atom. The number of pyridine rings is 1. The zero-order chi connectivity index (χ0) is 33.9. The summed E-state index contributed by atoms with van der Waals surface area (Å²) < 4.78 is 4.76. The number of fused-ring (bicyclic) bond motifs is 10. The molecule has 3 heteroatoms. The van der Waals surface area contributed by atoms with Gasteiger partial charge in [0.1, 0.15) is 5.82 Å². The van der Waals surface area contributed by atoms with Crippen molar-refractivity contribution in [3.63, 3.8) is 0 Å². The van der Waals surface area contributed by atoms with Gasteiger partial charge in [-0.3, -0.25) is 4.57 Å². The Kier molecular flexibility index (Phi) is 5.50. The molecular weight excluding hydrogens is 631 g/mol. The van der Waals surface area contributed by atoms with Gasteiger partial charge in [0, 0.05) is 49.8 Å². The number of nitrogens with zero attached hydrogens (tertiary/aromatic N) is 3. The van der Waals surface area contributed by atoms with Crippen LogP contribution in [0, 0.1) is 0 Å². The Morgan fingerprint density at radius 3 is 1.87 bits per heavy atom. The number of hydrogen-bond acceptors (Lipinski definition) is 1. The summed E-state index contributed by atoms with van der Waals surface area (Å²) in [5, 5.41) is 9.88. The molecule has 0 radical (unpaired) electrons. The lowest BCUT2D eigenvalue weighted by Gasteiger charge is -2.13. The molecule has 0 amide bonds. The quantitative estimate of drug-likeness (QED) is 0.185. The molecule has 1 aliphatic rings. The van der Waals surface area contributed by atoms with Gasteiger partial charge in [0.2, 0.25) is 0 Å². The lowest BCUT2D eigenvalue weighted by Crippen LogP contribution is -2.00. The van der Waals surface area contributed by atoms with Crippen LogP contribution in [0.15, 0.2) is 176 Å². The van der Waals surface area contributed by atoms with E-state index in [4.69, 9.17) is 4.98 Å². The van der Waals surface area contributed by atoms with Gasteiger partial charge in [-0.2, -0.15) is 0 Å². The van der Waals surface area contributed by atoms with E-state index in [2.05, 4.69) is 179 Å². The standard InChI is InChI=1S/C49H29N3/c1-2-12-35(13-3-1)51-43-19-8-6-15-37(43)41-26-31(23-24-45(41)51)30-21-22-32-28-46-42(27-34(32)25-30)38-16-7-9-20-44(38)52(46)49-48-40-17-5-4-14-36(40)39-18-10-11-33(29-50-49)47(39)48/h1-29H. The molecule has 0 bridgehead atoms. The molecule has 0 atom stereocenters. The van der Waals surface area contributed by atoms with E-state index in [1.807, 2.05) is 6.20 Å². The van der Waals surface area contributed by atoms with Gasteiger partial charge >= 0.3 is 0 Å². The van der Waals surface area contributed by atoms with E-state index in [9.17, 15) is 0 Å². The summed E-state index contributed by atoms with van der Waals surface area (Å²) in [6, 6.07) is 62.1. The summed E-state index contributed by atoms with van der Waals surface area (Å²) in [5.74, 6) is 0.982. The monoisotopic (exact) mass is 659 g/mol. The lowest BCUT2D eigenvalue weighted by molar-refractivity contribution is 1.09. The molecule has 240 valence electrons. The molecule has 52 heavy (non-hydrogen) atoms. The molecule has 3 heterocycles. The van der Waals surface area contributed by atoms with Crippen molar-refractivity contribution in [3.05, 3.63) is 176 Å². The summed E-state index contributed by atoms with van der Waals surface area (Å²) in [6.45, 7) is 0. The van der Waals surface area contributed by atoms with Crippen molar-refractivity contribution in [1.29, 1.82) is 0 Å². The van der Waals surface area contributed by atoms with Gasteiger partial charge in [-0.1, -0.05) is 115 Å². The van der Waals surface area contributed by atoms with Crippen LogP contribution in [0.1, 0.15) is 0 Å². The van der Waals surface area contributed by atoms with E-state index in [1.165, 1.54) is 104 Å². The highest BCUT2D eigenvalue weighted by molar-refractivity contribution is 6.19. The molecule has 8 aromatic carbocycles. The van der Waals surface area contributed by atoms with Gasteiger partial charge in [0.15, 0.2) is 0 Å². The molecule has 3 aromatic heterocycles. The SMILES string of the molecule is c1ccc(-n2c3ccccc3c3cc(-c4ccc5cc6c(cc5c4)c4ccccc4n6-c4ncc5cccc6c5c4-c4ccccc4-6)ccc32)cc1. The lowest BCUT2D eigenvalue weighted by atomic mass is 9.98. The Hall–Kier alpha value is -6.97. The summed E-state index contributed by atoms with van der Waals surface area (Å²) in [7, 11) is 0. The number of rotatable bonds is 3. The maximum Gasteiger partial charge on any atom is 0.146 e. The summed E-state index contributed by atoms with van der Waals surface area (Å²) in [4.78, 5) is 5.22. The molecule has 0 spiro atoms. The number of aromatic nitrogens is 3. The van der Waals surface area contributed by atoms with Gasteiger partial charge in [-0.15, -0.1) is 0 Å². The van der Waals surface area contributed by atoms with Crippen molar-refractivity contribution < 1.29 is 0 Å². The zero-order valence-corrected chi connectivity index (χ0v) is 28.1. The van der Waals surface area contributed by atoms with Crippen LogP contribution < -0.4 is 0 Å². The van der Waals surface area contributed by atoms with Crippen molar-refractivity contribution in [3.8, 4) is 44.9 Å². The Bertz CT molecular complexity index is 3290. The zero-order valence-electron chi connectivity index (χ0n) is 28.1. The topological polar surface area (TPSA) is 22.8 Å². The predicted octanol–water partition coefficient (Wildman–Crippen LogP) is 12.9. The Morgan fingerprint density at radius 1 is 0.365 bits per heavy atom. The molecule has 1 aliphatic carbocycles. The van der Waals surface area contributed by atoms with Crippen LogP contribution in [-0.4, -0.2) is 14.1 Å². The van der Waals surface area contributed by atoms with E-state index < -0.39 is 0 Å². The minimum absolute atomic E-state index is 0.982. The molecular formula is C49H29N3. The molecule has 0 aliphatic heterocycles. The molecule has 0 fully saturated rings. The number of benzene rings is 8. The van der Waals surface area contributed by atoms with Gasteiger partial charge < -0.3 is 4.57 Å². The second kappa shape index (κ2) is 10.3. The van der Waals surface area contributed by atoms with E-state index >= 15 is 0 Å². The van der Waals surface area contributed by atoms with Gasteiger partial charge in [0.05, 0.1) is 22.1 Å². The minimum atomic E-state index is 0.982. The second-order valence-corrected chi connectivity index (χ2v) is 14.0. The molecule has 0 saturated heterocycles. The first-order valence-corrected chi connectivity index (χ1v) is 17.9. The Labute approximate surface area is 299 Å². The Balaban J connectivity index is 1.07. The predicted molar refractivity (Wildman–Crippen MR) is 218 cm³/mol. The highest BCUT2D eigenvalue weighted by Gasteiger charge is 2.27. The van der Waals surface area contributed by atoms with Crippen LogP contribution in [0.4, 0.5) is 0 Å². The third-order valence-corrected chi connectivity index (χ3v) is 11.2. The fourth-order valence-corrected chi connectivity index (χ4v) is 8.98. The molecule has 0 saturated carbocycles. The van der Waals surface area contributed by atoms with Crippen molar-refractivity contribution in [2.45, 2.75) is 0 Å². The maximum absolute atomic E-state index is 5.22. The summed E-state index contributed by atoms with van der Waals surface area (Å²) in [5.41, 5.74) is 13.4. The van der Waals surface area contributed by atoms with Crippen LogP contribution in [0.25, 0.3) is 110 Å². The number of hydrogen-bond donors (Lipinski definition) is 0. The van der Waals surface area contributed by atoms with Crippen LogP contribution in [0.5, 0.6) is 0 Å². The minimum Gasteiger partial charge on any atom is -0.309 e. The van der Waals surface area contributed by atoms with Gasteiger partial charge in [-0.25, -0.2) is 4.98 Å². The first kappa shape index (κ1) is 27.8. The van der Waals surface area contributed by atoms with Crippen molar-refractivity contribution >= 4 is 65.2 Å². The van der Waals surface area contributed by atoms with Crippen molar-refractivity contribution in [2.75, 3.05) is 0 Å². The van der Waals surface area contributed by atoms with Crippen LogP contribution in [-0.2, 0) is 0 Å². The van der Waals surface area contributed by atoms with Crippen LogP contribution >= 0.6 is 0 Å². The van der Waals surface area contributed by atoms with E-state index in [0.717, 1.165) is 5.82 Å². The largest absolute Gasteiger partial charge is 0.309 e. The van der Waals surface area contributed by atoms with E-state index in [0.29, 0.717) is 0 Å². The van der Waals surface area contributed by atoms with Crippen molar-refractivity contribution in [2.24, 2.45) is 0 Å². The summed E-state index contributed by atoms with van der Waals surface area (Å²) in [6.07, 6.45) is 2.05. The second-order valence-electron chi connectivity index (χ2n) is 14.0. The molecule has 0 N–H and O–H groups in total. The normalized spacial score (nSPS) is 12.2. The average molecular weight is 660 g/mol. The fourth-order valence-electron chi connectivity index (χ4n) is 8.98. The van der Waals surface area contributed by atoms with Crippen LogP contribution in [0.3, 0.4) is 0 Å². The highest BCUT2D eigenvalue weighted by atomic mass is 15.1. The molecule has 12 rings (SSSR count). The van der Waals surface area contributed by atoms with Crippen LogP contribution in [0.2, 0.25) is 0 Å². The number of para-hydroxylation sites is 3. The molecule has 0 unspecified atom stereocenters. The third-order valence-electron chi connectivity index (χ3n) is 11.2. The highest BCUT2D eigenvalue weighted by Crippen LogP contribution is 2.50. The average Bonchev–Trinajstić information content (AvgIpc) is 3.84. The van der Waals surface area contributed by atoms with E-state index in [1.54, 1.807) is 0 Å². The summed E-state index contributed by atoms with van der Waals surface area (Å²) >= 11 is 0. The smallest absolute Gasteiger partial charge is 0.146 e. The first-order valence-electron chi connectivity index (χ1n) is 17.9. The van der Waals surface area contributed by atoms with Gasteiger partial charge in [0.25, 0.3) is 0 Å². The first-order chi connectivity index (χ1) is 25.8. The van der Waals surface area contributed by atoms with E-state index in [-0.39, 0.29) is 0 Å². The fraction of sp³-hybridized carbons (Fsp3) is 0. The molecule has 11 aromatic rings.